The van der Waals surface area contributed by atoms with E-state index in [1.807, 2.05) is 6.92 Å². The molecule has 0 atom stereocenters. The first kappa shape index (κ1) is 24.8. The van der Waals surface area contributed by atoms with E-state index >= 15 is 0 Å². The van der Waals surface area contributed by atoms with Gasteiger partial charge in [0, 0.05) is 30.2 Å². The monoisotopic (exact) mass is 516 g/mol. The van der Waals surface area contributed by atoms with Crippen LogP contribution in [-0.4, -0.2) is 27.3 Å². The van der Waals surface area contributed by atoms with Crippen molar-refractivity contribution >= 4 is 50.1 Å². The van der Waals surface area contributed by atoms with Crippen LogP contribution in [0.4, 0.5) is 11.4 Å². The molecule has 180 valence electrons. The van der Waals surface area contributed by atoms with Crippen LogP contribution in [0.5, 0.6) is 0 Å². The van der Waals surface area contributed by atoms with Crippen LogP contribution >= 0.6 is 22.9 Å². The molecule has 0 spiro atoms. The minimum Gasteiger partial charge on any atom is -0.371 e. The van der Waals surface area contributed by atoms with E-state index in [4.69, 9.17) is 11.6 Å². The third kappa shape index (κ3) is 5.16. The Morgan fingerprint density at radius 1 is 1.03 bits per heavy atom. The van der Waals surface area contributed by atoms with Gasteiger partial charge in [0.15, 0.2) is 5.78 Å². The number of Topliss-reactive ketones (excluding diaryl/α,β-unsaturated/α-hetero) is 1. The first-order valence-electron chi connectivity index (χ1n) is 11.4. The maximum atomic E-state index is 13.4. The van der Waals surface area contributed by atoms with E-state index in [0.717, 1.165) is 29.8 Å². The Labute approximate surface area is 210 Å². The molecule has 0 unspecified atom stereocenters. The second-order valence-corrected chi connectivity index (χ2v) is 11.9. The normalized spacial score (nSPS) is 14.3. The molecule has 1 fully saturated rings. The number of aryl methyl sites for hydroxylation is 2. The number of hydrogen-bond acceptors (Lipinski definition) is 5. The molecular weight excluding hydrogens is 488 g/mol. The van der Waals surface area contributed by atoms with Crippen LogP contribution in [0.1, 0.15) is 51.2 Å². The SMILES string of the molecule is Cc1cc(C)c(N2CCCCC2)c(C)c1CC(=O)c1sccc1NS(=O)(=O)c1ccc(Cl)cc1. The second kappa shape index (κ2) is 10.1. The van der Waals surface area contributed by atoms with Gasteiger partial charge < -0.3 is 4.90 Å². The van der Waals surface area contributed by atoms with Gasteiger partial charge in [-0.05, 0) is 98.0 Å². The van der Waals surface area contributed by atoms with Crippen LogP contribution in [0.15, 0.2) is 46.7 Å². The minimum absolute atomic E-state index is 0.0940. The maximum Gasteiger partial charge on any atom is 0.261 e. The van der Waals surface area contributed by atoms with Crippen LogP contribution in [-0.2, 0) is 16.4 Å². The molecule has 4 rings (SSSR count). The van der Waals surface area contributed by atoms with Crippen molar-refractivity contribution in [3.8, 4) is 0 Å². The number of piperidine rings is 1. The van der Waals surface area contributed by atoms with Gasteiger partial charge in [0.25, 0.3) is 10.0 Å². The number of nitrogens with zero attached hydrogens (tertiary/aromatic N) is 1. The van der Waals surface area contributed by atoms with Gasteiger partial charge in [-0.1, -0.05) is 17.7 Å². The number of hydrogen-bond donors (Lipinski definition) is 1. The number of sulfonamides is 1. The fourth-order valence-electron chi connectivity index (χ4n) is 4.75. The smallest absolute Gasteiger partial charge is 0.261 e. The Bertz CT molecular complexity index is 1310. The summed E-state index contributed by atoms with van der Waals surface area (Å²) in [5, 5.41) is 2.19. The number of carbonyl (C=O) groups excluding carboxylic acids is 1. The summed E-state index contributed by atoms with van der Waals surface area (Å²) in [5.74, 6) is -0.0940. The molecule has 0 amide bonds. The van der Waals surface area contributed by atoms with Crippen molar-refractivity contribution < 1.29 is 13.2 Å². The van der Waals surface area contributed by atoms with Crippen molar-refractivity contribution in [2.45, 2.75) is 51.3 Å². The zero-order chi connectivity index (χ0) is 24.5. The lowest BCUT2D eigenvalue weighted by Crippen LogP contribution is -2.31. The Kier molecular flexibility index (Phi) is 7.36. The van der Waals surface area contributed by atoms with Crippen molar-refractivity contribution in [3.63, 3.8) is 0 Å². The fourth-order valence-corrected chi connectivity index (χ4v) is 6.81. The molecule has 8 heteroatoms. The molecular formula is C26H29ClN2O3S2. The molecule has 0 radical (unpaired) electrons. The Hall–Kier alpha value is -2.35. The van der Waals surface area contributed by atoms with Crippen molar-refractivity contribution in [1.29, 1.82) is 0 Å². The van der Waals surface area contributed by atoms with Crippen molar-refractivity contribution in [2.24, 2.45) is 0 Å². The highest BCUT2D eigenvalue weighted by atomic mass is 35.5. The zero-order valence-corrected chi connectivity index (χ0v) is 22.0. The van der Waals surface area contributed by atoms with Gasteiger partial charge in [0.1, 0.15) is 0 Å². The highest BCUT2D eigenvalue weighted by Crippen LogP contribution is 2.34. The van der Waals surface area contributed by atoms with Gasteiger partial charge in [0.2, 0.25) is 0 Å². The molecule has 1 saturated heterocycles. The Balaban J connectivity index is 1.60. The second-order valence-electron chi connectivity index (χ2n) is 8.83. The van der Waals surface area contributed by atoms with E-state index < -0.39 is 10.0 Å². The highest BCUT2D eigenvalue weighted by molar-refractivity contribution is 7.92. The van der Waals surface area contributed by atoms with E-state index in [-0.39, 0.29) is 17.1 Å². The third-order valence-corrected chi connectivity index (χ3v) is 8.98. The summed E-state index contributed by atoms with van der Waals surface area (Å²) in [7, 11) is -3.83. The summed E-state index contributed by atoms with van der Waals surface area (Å²) in [4.78, 5) is 16.3. The van der Waals surface area contributed by atoms with Crippen molar-refractivity contribution in [2.75, 3.05) is 22.7 Å². The van der Waals surface area contributed by atoms with Gasteiger partial charge in [-0.15, -0.1) is 11.3 Å². The molecule has 2 aromatic carbocycles. The lowest BCUT2D eigenvalue weighted by Gasteiger charge is -2.33. The number of ketones is 1. The molecule has 0 bridgehead atoms. The van der Waals surface area contributed by atoms with E-state index in [1.54, 1.807) is 11.4 Å². The van der Waals surface area contributed by atoms with Crippen LogP contribution in [0.2, 0.25) is 5.02 Å². The average molecular weight is 517 g/mol. The molecule has 0 aliphatic carbocycles. The summed E-state index contributed by atoms with van der Waals surface area (Å²) in [6.07, 6.45) is 3.87. The number of halogens is 1. The molecule has 34 heavy (non-hydrogen) atoms. The average Bonchev–Trinajstić information content (AvgIpc) is 3.25. The van der Waals surface area contributed by atoms with Gasteiger partial charge in [0.05, 0.1) is 15.5 Å². The molecule has 1 N–H and O–H groups in total. The fraction of sp³-hybridized carbons (Fsp3) is 0.346. The summed E-state index contributed by atoms with van der Waals surface area (Å²) in [6.45, 7) is 8.37. The Morgan fingerprint density at radius 2 is 1.71 bits per heavy atom. The van der Waals surface area contributed by atoms with Crippen molar-refractivity contribution in [3.05, 3.63) is 73.9 Å². The summed E-state index contributed by atoms with van der Waals surface area (Å²) in [6, 6.07) is 9.74. The summed E-state index contributed by atoms with van der Waals surface area (Å²) in [5.41, 5.74) is 6.04. The van der Waals surface area contributed by atoms with Gasteiger partial charge in [-0.3, -0.25) is 9.52 Å². The van der Waals surface area contributed by atoms with E-state index in [9.17, 15) is 13.2 Å². The molecule has 5 nitrogen and oxygen atoms in total. The summed E-state index contributed by atoms with van der Waals surface area (Å²) < 4.78 is 28.3. The van der Waals surface area contributed by atoms with Crippen LogP contribution < -0.4 is 9.62 Å². The lowest BCUT2D eigenvalue weighted by molar-refractivity contribution is 0.0997. The molecule has 1 aromatic heterocycles. The van der Waals surface area contributed by atoms with E-state index in [2.05, 4.69) is 29.5 Å². The molecule has 0 saturated carbocycles. The van der Waals surface area contributed by atoms with Crippen molar-refractivity contribution in [1.82, 2.24) is 0 Å². The van der Waals surface area contributed by atoms with E-state index in [0.29, 0.717) is 15.6 Å². The molecule has 2 heterocycles. The number of rotatable bonds is 7. The van der Waals surface area contributed by atoms with Gasteiger partial charge in [-0.25, -0.2) is 8.42 Å². The number of thiophene rings is 1. The van der Waals surface area contributed by atoms with Gasteiger partial charge >= 0.3 is 0 Å². The minimum atomic E-state index is -3.83. The highest BCUT2D eigenvalue weighted by Gasteiger charge is 2.23. The number of carbonyl (C=O) groups is 1. The predicted octanol–water partition coefficient (Wildman–Crippen LogP) is 6.54. The predicted molar refractivity (Wildman–Crippen MR) is 141 cm³/mol. The number of nitrogens with one attached hydrogen (secondary N) is 1. The maximum absolute atomic E-state index is 13.4. The van der Waals surface area contributed by atoms with Gasteiger partial charge in [-0.2, -0.15) is 0 Å². The first-order chi connectivity index (χ1) is 16.2. The first-order valence-corrected chi connectivity index (χ1v) is 14.1. The van der Waals surface area contributed by atoms with Crippen LogP contribution in [0.3, 0.4) is 0 Å². The molecule has 1 aliphatic heterocycles. The molecule has 3 aromatic rings. The quantitative estimate of drug-likeness (QED) is 0.362. The topological polar surface area (TPSA) is 66.5 Å². The molecule has 1 aliphatic rings. The largest absolute Gasteiger partial charge is 0.371 e. The third-order valence-electron chi connectivity index (χ3n) is 6.39. The Morgan fingerprint density at radius 3 is 2.38 bits per heavy atom. The number of benzene rings is 2. The summed E-state index contributed by atoms with van der Waals surface area (Å²) >= 11 is 7.14. The zero-order valence-electron chi connectivity index (χ0n) is 19.7. The van der Waals surface area contributed by atoms with Crippen LogP contribution in [0, 0.1) is 20.8 Å². The van der Waals surface area contributed by atoms with Crippen LogP contribution in [0.25, 0.3) is 0 Å². The standard InChI is InChI=1S/C26H29ClN2O3S2/c1-17-15-18(2)25(29-12-5-4-6-13-29)19(3)22(17)16-24(30)26-23(11-14-33-26)28-34(31,32)21-9-7-20(27)8-10-21/h7-11,14-15,28H,4-6,12-13,16H2,1-3H3. The number of anilines is 2. The lowest BCUT2D eigenvalue weighted by atomic mass is 9.92. The van der Waals surface area contributed by atoms with E-state index in [1.165, 1.54) is 66.1 Å².